The molecule has 1 fully saturated rings. The number of esters is 1. The van der Waals surface area contributed by atoms with Crippen LogP contribution >= 0.6 is 0 Å². The summed E-state index contributed by atoms with van der Waals surface area (Å²) in [5.41, 5.74) is -0.475. The lowest BCUT2D eigenvalue weighted by atomic mass is 9.81. The third kappa shape index (κ3) is 4.82. The Morgan fingerprint density at radius 2 is 1.74 bits per heavy atom. The smallest absolute Gasteiger partial charge is 0.309 e. The van der Waals surface area contributed by atoms with Gasteiger partial charge in [-0.25, -0.2) is 5.06 Å². The first kappa shape index (κ1) is 16.0. The molecule has 0 spiro atoms. The summed E-state index contributed by atoms with van der Waals surface area (Å²) in [5.74, 6) is -0.566. The van der Waals surface area contributed by atoms with E-state index in [-0.39, 0.29) is 23.7 Å². The van der Waals surface area contributed by atoms with E-state index in [0.29, 0.717) is 6.42 Å². The highest BCUT2D eigenvalue weighted by Gasteiger charge is 2.34. The Labute approximate surface area is 115 Å². The second-order valence-electron chi connectivity index (χ2n) is 6.11. The van der Waals surface area contributed by atoms with Crippen LogP contribution in [0.3, 0.4) is 0 Å². The Morgan fingerprint density at radius 1 is 1.16 bits per heavy atom. The van der Waals surface area contributed by atoms with Crippen LogP contribution in [0.25, 0.3) is 0 Å². The van der Waals surface area contributed by atoms with Crippen molar-refractivity contribution in [3.63, 3.8) is 0 Å². The summed E-state index contributed by atoms with van der Waals surface area (Å²) in [5, 5.41) is 1.24. The van der Waals surface area contributed by atoms with E-state index < -0.39 is 5.60 Å². The first-order chi connectivity index (χ1) is 8.74. The first-order valence-corrected chi connectivity index (χ1v) is 6.79. The molecule has 0 heterocycles. The Bertz CT molecular complexity index is 335. The van der Waals surface area contributed by atoms with Gasteiger partial charge in [0.25, 0.3) is 0 Å². The third-order valence-corrected chi connectivity index (χ3v) is 3.35. The van der Waals surface area contributed by atoms with E-state index in [9.17, 15) is 9.59 Å². The standard InChI is InChI=1S/C14H25NO4/c1-14(2,3)19-13(17)11-8-6-7-10(9-11)12(16)15(4)18-5/h10-11H,6-9H2,1-5H3/t10-,11+/m1/s1. The monoisotopic (exact) mass is 271 g/mol. The second-order valence-corrected chi connectivity index (χ2v) is 6.11. The quantitative estimate of drug-likeness (QED) is 0.583. The Morgan fingerprint density at radius 3 is 2.26 bits per heavy atom. The molecule has 0 saturated heterocycles. The molecule has 0 aromatic heterocycles. The third-order valence-electron chi connectivity index (χ3n) is 3.35. The number of rotatable bonds is 3. The van der Waals surface area contributed by atoms with Gasteiger partial charge < -0.3 is 4.74 Å². The average molecular weight is 271 g/mol. The fraction of sp³-hybridized carbons (Fsp3) is 0.857. The molecule has 2 atom stereocenters. The molecule has 1 rings (SSSR count). The van der Waals surface area contributed by atoms with Gasteiger partial charge in [0.1, 0.15) is 5.60 Å². The number of hydrogen-bond donors (Lipinski definition) is 0. The van der Waals surface area contributed by atoms with E-state index in [0.717, 1.165) is 19.3 Å². The van der Waals surface area contributed by atoms with Crippen LogP contribution in [0.2, 0.25) is 0 Å². The minimum atomic E-state index is -0.475. The van der Waals surface area contributed by atoms with Gasteiger partial charge in [-0.15, -0.1) is 0 Å². The minimum absolute atomic E-state index is 0.0595. The maximum Gasteiger partial charge on any atom is 0.309 e. The van der Waals surface area contributed by atoms with Gasteiger partial charge in [0, 0.05) is 13.0 Å². The molecule has 5 nitrogen and oxygen atoms in total. The molecule has 0 aromatic rings. The summed E-state index contributed by atoms with van der Waals surface area (Å²) < 4.78 is 5.40. The summed E-state index contributed by atoms with van der Waals surface area (Å²) in [7, 11) is 3.06. The number of hydrogen-bond acceptors (Lipinski definition) is 4. The van der Waals surface area contributed by atoms with Crippen LogP contribution in [0.1, 0.15) is 46.5 Å². The van der Waals surface area contributed by atoms with Gasteiger partial charge in [-0.2, -0.15) is 0 Å². The number of ether oxygens (including phenoxy) is 1. The molecule has 0 unspecified atom stereocenters. The molecule has 19 heavy (non-hydrogen) atoms. The Hall–Kier alpha value is -1.10. The normalized spacial score (nSPS) is 23.8. The van der Waals surface area contributed by atoms with Gasteiger partial charge in [0.2, 0.25) is 5.91 Å². The van der Waals surface area contributed by atoms with Gasteiger partial charge >= 0.3 is 5.97 Å². The molecule has 0 radical (unpaired) electrons. The van der Waals surface area contributed by atoms with Crippen molar-refractivity contribution in [1.29, 1.82) is 0 Å². The van der Waals surface area contributed by atoms with Crippen molar-refractivity contribution in [3.8, 4) is 0 Å². The highest BCUT2D eigenvalue weighted by Crippen LogP contribution is 2.32. The van der Waals surface area contributed by atoms with Crippen molar-refractivity contribution in [3.05, 3.63) is 0 Å². The first-order valence-electron chi connectivity index (χ1n) is 6.79. The number of carbonyl (C=O) groups is 2. The zero-order chi connectivity index (χ0) is 14.6. The number of hydroxylamine groups is 2. The predicted molar refractivity (Wildman–Crippen MR) is 71.1 cm³/mol. The molecule has 0 aliphatic heterocycles. The molecule has 0 N–H and O–H groups in total. The van der Waals surface area contributed by atoms with Gasteiger partial charge in [-0.3, -0.25) is 14.4 Å². The lowest BCUT2D eigenvalue weighted by molar-refractivity contribution is -0.176. The zero-order valence-corrected chi connectivity index (χ0v) is 12.6. The van der Waals surface area contributed by atoms with Crippen LogP contribution in [-0.2, 0) is 19.2 Å². The molecule has 1 aliphatic carbocycles. The predicted octanol–water partition coefficient (Wildman–Crippen LogP) is 2.15. The number of amides is 1. The minimum Gasteiger partial charge on any atom is -0.460 e. The van der Waals surface area contributed by atoms with E-state index in [1.807, 2.05) is 20.8 Å². The highest BCUT2D eigenvalue weighted by molar-refractivity contribution is 5.79. The molecule has 0 bridgehead atoms. The van der Waals surface area contributed by atoms with Crippen LogP contribution < -0.4 is 0 Å². The van der Waals surface area contributed by atoms with Crippen molar-refractivity contribution in [1.82, 2.24) is 5.06 Å². The van der Waals surface area contributed by atoms with E-state index >= 15 is 0 Å². The lowest BCUT2D eigenvalue weighted by Crippen LogP contribution is -2.37. The molecular formula is C14H25NO4. The number of nitrogens with zero attached hydrogens (tertiary/aromatic N) is 1. The van der Waals surface area contributed by atoms with E-state index in [1.165, 1.54) is 12.2 Å². The fourth-order valence-corrected chi connectivity index (χ4v) is 2.36. The second kappa shape index (κ2) is 6.37. The maximum atomic E-state index is 12.0. The summed E-state index contributed by atoms with van der Waals surface area (Å²) in [4.78, 5) is 29.0. The molecular weight excluding hydrogens is 246 g/mol. The molecule has 5 heteroatoms. The summed E-state index contributed by atoms with van der Waals surface area (Å²) >= 11 is 0. The van der Waals surface area contributed by atoms with Gasteiger partial charge in [0.15, 0.2) is 0 Å². The summed E-state index contributed by atoms with van der Waals surface area (Å²) in [6.45, 7) is 5.57. The van der Waals surface area contributed by atoms with Crippen molar-refractivity contribution in [2.24, 2.45) is 11.8 Å². The van der Waals surface area contributed by atoms with Crippen LogP contribution in [-0.4, -0.2) is 36.7 Å². The van der Waals surface area contributed by atoms with Crippen molar-refractivity contribution >= 4 is 11.9 Å². The number of carbonyl (C=O) groups excluding carboxylic acids is 2. The fourth-order valence-electron chi connectivity index (χ4n) is 2.36. The summed E-state index contributed by atoms with van der Waals surface area (Å²) in [6, 6.07) is 0. The van der Waals surface area contributed by atoms with Gasteiger partial charge in [-0.1, -0.05) is 6.42 Å². The Kier molecular flexibility index (Phi) is 5.35. The van der Waals surface area contributed by atoms with Crippen LogP contribution in [0.15, 0.2) is 0 Å². The van der Waals surface area contributed by atoms with E-state index in [1.54, 1.807) is 7.05 Å². The lowest BCUT2D eigenvalue weighted by Gasteiger charge is -2.31. The largest absolute Gasteiger partial charge is 0.460 e. The van der Waals surface area contributed by atoms with Crippen molar-refractivity contribution < 1.29 is 19.2 Å². The van der Waals surface area contributed by atoms with Crippen LogP contribution in [0.5, 0.6) is 0 Å². The molecule has 1 aliphatic rings. The van der Waals surface area contributed by atoms with E-state index in [4.69, 9.17) is 9.57 Å². The molecule has 110 valence electrons. The van der Waals surface area contributed by atoms with Gasteiger partial charge in [-0.05, 0) is 40.0 Å². The van der Waals surface area contributed by atoms with Crippen LogP contribution in [0, 0.1) is 11.8 Å². The average Bonchev–Trinajstić information content (AvgIpc) is 2.35. The molecule has 1 amide bonds. The highest BCUT2D eigenvalue weighted by atomic mass is 16.7. The van der Waals surface area contributed by atoms with Crippen LogP contribution in [0.4, 0.5) is 0 Å². The SMILES string of the molecule is CON(C)C(=O)[C@@H]1CCC[C@H](C(=O)OC(C)(C)C)C1. The molecule has 0 aromatic carbocycles. The van der Waals surface area contributed by atoms with E-state index in [2.05, 4.69) is 0 Å². The van der Waals surface area contributed by atoms with Crippen molar-refractivity contribution in [2.45, 2.75) is 52.1 Å². The van der Waals surface area contributed by atoms with Crippen molar-refractivity contribution in [2.75, 3.05) is 14.2 Å². The molecule has 1 saturated carbocycles. The zero-order valence-electron chi connectivity index (χ0n) is 12.6. The summed E-state index contributed by atoms with van der Waals surface area (Å²) in [6.07, 6.45) is 3.04. The Balaban J connectivity index is 2.59. The topological polar surface area (TPSA) is 55.8 Å². The van der Waals surface area contributed by atoms with Gasteiger partial charge in [0.05, 0.1) is 13.0 Å². The maximum absolute atomic E-state index is 12.0.